The van der Waals surface area contributed by atoms with Crippen LogP contribution in [-0.4, -0.2) is 22.9 Å². The van der Waals surface area contributed by atoms with Crippen molar-refractivity contribution in [3.63, 3.8) is 0 Å². The van der Waals surface area contributed by atoms with Gasteiger partial charge in [0.1, 0.15) is 0 Å². The first-order valence-electron chi connectivity index (χ1n) is 7.12. The average Bonchev–Trinajstić information content (AvgIpc) is 2.41. The molecule has 1 aliphatic rings. The number of rotatable bonds is 4. The van der Waals surface area contributed by atoms with E-state index in [2.05, 4.69) is 18.7 Å². The van der Waals surface area contributed by atoms with E-state index in [0.29, 0.717) is 11.6 Å². The van der Waals surface area contributed by atoms with Crippen LogP contribution in [0.3, 0.4) is 0 Å². The fraction of sp³-hybridized carbons (Fsp3) is 0.600. The minimum Gasteiger partial charge on any atom is -0.299 e. The summed E-state index contributed by atoms with van der Waals surface area (Å²) in [5.41, 5.74) is 0.963. The Kier molecular flexibility index (Phi) is 5.00. The molecule has 20 heavy (non-hydrogen) atoms. The van der Waals surface area contributed by atoms with Crippen LogP contribution in [0.5, 0.6) is 0 Å². The lowest BCUT2D eigenvalue weighted by Gasteiger charge is -2.33. The van der Waals surface area contributed by atoms with Gasteiger partial charge >= 0.3 is 0 Å². The van der Waals surface area contributed by atoms with E-state index in [1.165, 1.54) is 18.9 Å². The standard InChI is InChI=1S/C15H21ClN2O2/c1-11(2)12-5-7-17(8-6-12)10-13-9-14(18(19)20)3-4-15(13)16/h3-4,9,11-12H,5-8,10H2,1-2H3. The van der Waals surface area contributed by atoms with E-state index in [-0.39, 0.29) is 10.6 Å². The van der Waals surface area contributed by atoms with Crippen LogP contribution in [0.15, 0.2) is 18.2 Å². The number of hydrogen-bond donors (Lipinski definition) is 0. The maximum absolute atomic E-state index is 10.8. The number of hydrogen-bond acceptors (Lipinski definition) is 3. The molecule has 0 amide bonds. The molecular weight excluding hydrogens is 276 g/mol. The van der Waals surface area contributed by atoms with Crippen molar-refractivity contribution in [1.82, 2.24) is 4.90 Å². The lowest BCUT2D eigenvalue weighted by Crippen LogP contribution is -2.34. The summed E-state index contributed by atoms with van der Waals surface area (Å²) in [4.78, 5) is 12.8. The van der Waals surface area contributed by atoms with Crippen molar-refractivity contribution in [3.05, 3.63) is 38.9 Å². The van der Waals surface area contributed by atoms with Gasteiger partial charge < -0.3 is 0 Å². The van der Waals surface area contributed by atoms with Gasteiger partial charge in [0.05, 0.1) is 4.92 Å². The zero-order valence-electron chi connectivity index (χ0n) is 12.0. The van der Waals surface area contributed by atoms with Crippen molar-refractivity contribution in [3.8, 4) is 0 Å². The smallest absolute Gasteiger partial charge is 0.269 e. The number of nitro benzene ring substituents is 1. The largest absolute Gasteiger partial charge is 0.299 e. The summed E-state index contributed by atoms with van der Waals surface area (Å²) < 4.78 is 0. The Morgan fingerprint density at radius 2 is 2.05 bits per heavy atom. The van der Waals surface area contributed by atoms with Gasteiger partial charge in [0.25, 0.3) is 5.69 Å². The predicted octanol–water partition coefficient (Wildman–Crippen LogP) is 4.12. The molecule has 1 saturated heterocycles. The number of halogens is 1. The van der Waals surface area contributed by atoms with Crippen molar-refractivity contribution >= 4 is 17.3 Å². The normalized spacial score (nSPS) is 17.6. The van der Waals surface area contributed by atoms with E-state index in [9.17, 15) is 10.1 Å². The lowest BCUT2D eigenvalue weighted by molar-refractivity contribution is -0.384. The number of non-ortho nitro benzene ring substituents is 1. The number of nitro groups is 1. The zero-order valence-corrected chi connectivity index (χ0v) is 12.8. The minimum atomic E-state index is -0.370. The summed E-state index contributed by atoms with van der Waals surface area (Å²) in [6.45, 7) is 7.34. The summed E-state index contributed by atoms with van der Waals surface area (Å²) in [7, 11) is 0. The topological polar surface area (TPSA) is 46.4 Å². The van der Waals surface area contributed by atoms with Crippen molar-refractivity contribution in [2.45, 2.75) is 33.2 Å². The number of piperidine rings is 1. The molecule has 0 radical (unpaired) electrons. The second kappa shape index (κ2) is 6.55. The highest BCUT2D eigenvalue weighted by Crippen LogP contribution is 2.28. The van der Waals surface area contributed by atoms with Crippen LogP contribution in [0.1, 0.15) is 32.3 Å². The Bertz CT molecular complexity index is 483. The van der Waals surface area contributed by atoms with E-state index in [0.717, 1.165) is 30.5 Å². The third-order valence-electron chi connectivity index (χ3n) is 4.21. The van der Waals surface area contributed by atoms with Crippen molar-refractivity contribution in [2.75, 3.05) is 13.1 Å². The Labute approximate surface area is 124 Å². The summed E-state index contributed by atoms with van der Waals surface area (Å²) in [6, 6.07) is 4.67. The molecule has 0 N–H and O–H groups in total. The fourth-order valence-corrected chi connectivity index (χ4v) is 2.99. The van der Waals surface area contributed by atoms with Crippen molar-refractivity contribution in [2.24, 2.45) is 11.8 Å². The summed E-state index contributed by atoms with van der Waals surface area (Å²) in [6.07, 6.45) is 2.40. The van der Waals surface area contributed by atoms with Gasteiger partial charge in [-0.15, -0.1) is 0 Å². The Morgan fingerprint density at radius 1 is 1.40 bits per heavy atom. The molecule has 5 heteroatoms. The van der Waals surface area contributed by atoms with Gasteiger partial charge in [-0.3, -0.25) is 15.0 Å². The Hall–Kier alpha value is -1.13. The molecule has 1 heterocycles. The van der Waals surface area contributed by atoms with E-state index >= 15 is 0 Å². The maximum Gasteiger partial charge on any atom is 0.269 e. The summed E-state index contributed by atoms with van der Waals surface area (Å²) in [5, 5.41) is 11.4. The number of likely N-dealkylation sites (tertiary alicyclic amines) is 1. The van der Waals surface area contributed by atoms with Gasteiger partial charge in [0.2, 0.25) is 0 Å². The molecule has 0 bridgehead atoms. The highest BCUT2D eigenvalue weighted by Gasteiger charge is 2.22. The molecule has 1 aliphatic heterocycles. The quantitative estimate of drug-likeness (QED) is 0.620. The average molecular weight is 297 g/mol. The van der Waals surface area contributed by atoms with E-state index in [4.69, 9.17) is 11.6 Å². The molecule has 0 aromatic heterocycles. The first kappa shape index (κ1) is 15.3. The molecular formula is C15H21ClN2O2. The van der Waals surface area contributed by atoms with Crippen LogP contribution < -0.4 is 0 Å². The first-order chi connectivity index (χ1) is 9.47. The predicted molar refractivity (Wildman–Crippen MR) is 80.9 cm³/mol. The molecule has 2 rings (SSSR count). The second-order valence-electron chi connectivity index (χ2n) is 5.89. The van der Waals surface area contributed by atoms with Crippen LogP contribution in [0.2, 0.25) is 5.02 Å². The van der Waals surface area contributed by atoms with Crippen LogP contribution >= 0.6 is 11.6 Å². The van der Waals surface area contributed by atoms with Gasteiger partial charge in [0.15, 0.2) is 0 Å². The van der Waals surface area contributed by atoms with Crippen LogP contribution in [0, 0.1) is 22.0 Å². The third kappa shape index (κ3) is 3.70. The van der Waals surface area contributed by atoms with Crippen molar-refractivity contribution in [1.29, 1.82) is 0 Å². The van der Waals surface area contributed by atoms with Gasteiger partial charge in [-0.05, 0) is 49.4 Å². The summed E-state index contributed by atoms with van der Waals surface area (Å²) >= 11 is 6.15. The molecule has 110 valence electrons. The zero-order chi connectivity index (χ0) is 14.7. The first-order valence-corrected chi connectivity index (χ1v) is 7.50. The lowest BCUT2D eigenvalue weighted by atomic mass is 9.86. The van der Waals surface area contributed by atoms with Gasteiger partial charge in [-0.1, -0.05) is 25.4 Å². The van der Waals surface area contributed by atoms with E-state index in [1.807, 2.05) is 0 Å². The third-order valence-corrected chi connectivity index (χ3v) is 4.58. The van der Waals surface area contributed by atoms with E-state index in [1.54, 1.807) is 12.1 Å². The molecule has 0 spiro atoms. The Balaban J connectivity index is 2.00. The fourth-order valence-electron chi connectivity index (χ4n) is 2.81. The monoisotopic (exact) mass is 296 g/mol. The molecule has 4 nitrogen and oxygen atoms in total. The number of benzene rings is 1. The van der Waals surface area contributed by atoms with Crippen LogP contribution in [0.4, 0.5) is 5.69 Å². The van der Waals surface area contributed by atoms with E-state index < -0.39 is 0 Å². The molecule has 0 atom stereocenters. The minimum absolute atomic E-state index is 0.112. The molecule has 0 aliphatic carbocycles. The van der Waals surface area contributed by atoms with Crippen LogP contribution in [0.25, 0.3) is 0 Å². The maximum atomic E-state index is 10.8. The van der Waals surface area contributed by atoms with Crippen molar-refractivity contribution < 1.29 is 4.92 Å². The molecule has 0 saturated carbocycles. The van der Waals surface area contributed by atoms with Gasteiger partial charge in [-0.2, -0.15) is 0 Å². The SMILES string of the molecule is CC(C)C1CCN(Cc2cc([N+](=O)[O-])ccc2Cl)CC1. The summed E-state index contributed by atoms with van der Waals surface area (Å²) in [5.74, 6) is 1.53. The van der Waals surface area contributed by atoms with Gasteiger partial charge in [0, 0.05) is 23.7 Å². The highest BCUT2D eigenvalue weighted by atomic mass is 35.5. The molecule has 1 fully saturated rings. The molecule has 1 aromatic carbocycles. The van der Waals surface area contributed by atoms with Crippen LogP contribution in [-0.2, 0) is 6.54 Å². The Morgan fingerprint density at radius 3 is 2.60 bits per heavy atom. The number of nitrogens with zero attached hydrogens (tertiary/aromatic N) is 2. The second-order valence-corrected chi connectivity index (χ2v) is 6.30. The molecule has 1 aromatic rings. The highest BCUT2D eigenvalue weighted by molar-refractivity contribution is 6.31. The van der Waals surface area contributed by atoms with Gasteiger partial charge in [-0.25, -0.2) is 0 Å². The molecule has 0 unspecified atom stereocenters.